The van der Waals surface area contributed by atoms with E-state index in [-0.39, 0.29) is 35.0 Å². The third-order valence-electron chi connectivity index (χ3n) is 6.17. The van der Waals surface area contributed by atoms with E-state index in [4.69, 9.17) is 14.0 Å². The van der Waals surface area contributed by atoms with Crippen LogP contribution in [-0.2, 0) is 4.74 Å². The fraction of sp³-hybridized carbons (Fsp3) is 0.400. The number of ether oxygens (including phenoxy) is 2. The number of aromatic amines is 1. The van der Waals surface area contributed by atoms with Crippen molar-refractivity contribution in [3.05, 3.63) is 52.3 Å². The van der Waals surface area contributed by atoms with Crippen molar-refractivity contribution < 1.29 is 23.2 Å². The number of fused-ring (bicyclic) bond motifs is 1. The summed E-state index contributed by atoms with van der Waals surface area (Å²) in [5, 5.41) is 8.43. The van der Waals surface area contributed by atoms with Gasteiger partial charge in [-0.25, -0.2) is 13.7 Å². The quantitative estimate of drug-likeness (QED) is 0.436. The molecule has 194 valence electrons. The lowest BCUT2D eigenvalue weighted by molar-refractivity contribution is 0.0203. The van der Waals surface area contributed by atoms with Gasteiger partial charge in [-0.2, -0.15) is 10.1 Å². The molecule has 1 fully saturated rings. The topological polar surface area (TPSA) is 128 Å². The Balaban J connectivity index is 1.40. The third kappa shape index (κ3) is 4.91. The fourth-order valence-electron chi connectivity index (χ4n) is 4.40. The number of nitrogens with zero attached hydrogens (tertiary/aromatic N) is 5. The largest absolute Gasteiger partial charge is 0.494 e. The molecule has 0 saturated carbocycles. The number of likely N-dealkylation sites (tertiary alicyclic amines) is 1. The Kier molecular flexibility index (Phi) is 6.18. The van der Waals surface area contributed by atoms with Crippen LogP contribution < -0.4 is 10.3 Å². The average Bonchev–Trinajstić information content (AvgIpc) is 3.50. The molecule has 0 unspecified atom stereocenters. The van der Waals surface area contributed by atoms with Crippen LogP contribution >= 0.6 is 0 Å². The molecule has 12 heteroatoms. The molecule has 4 heterocycles. The maximum atomic E-state index is 14.1. The van der Waals surface area contributed by atoms with Gasteiger partial charge in [-0.1, -0.05) is 5.16 Å². The Bertz CT molecular complexity index is 1510. The highest BCUT2D eigenvalue weighted by Gasteiger charge is 2.29. The summed E-state index contributed by atoms with van der Waals surface area (Å²) < 4.78 is 31.6. The van der Waals surface area contributed by atoms with Gasteiger partial charge in [-0.3, -0.25) is 4.79 Å². The lowest BCUT2D eigenvalue weighted by atomic mass is 9.93. The summed E-state index contributed by atoms with van der Waals surface area (Å²) >= 11 is 0. The molecule has 1 saturated heterocycles. The standard InChI is InChI=1S/C25H27FN6O5/c1-25(2,3)36-24(34)31-9-7-14(8-10-31)18-12-20(33)28-22-16(13-27-32(18)22)23-29-21(30-37-23)15-5-6-19(35-4)17(26)11-15/h5-6,11-14H,7-10H2,1-4H3,(H,28,33). The SMILES string of the molecule is COc1ccc(-c2noc(-c3cnn4c(C5CCN(C(=O)OC(C)(C)C)CC5)cc(=O)[nH]c34)n2)cc1F. The minimum absolute atomic E-state index is 0.0109. The van der Waals surface area contributed by atoms with Gasteiger partial charge in [-0.15, -0.1) is 0 Å². The van der Waals surface area contributed by atoms with Crippen molar-refractivity contribution in [3.8, 4) is 28.6 Å². The number of benzene rings is 1. The molecule has 0 radical (unpaired) electrons. The van der Waals surface area contributed by atoms with Crippen molar-refractivity contribution in [1.82, 2.24) is 29.6 Å². The summed E-state index contributed by atoms with van der Waals surface area (Å²) in [6.07, 6.45) is 2.50. The van der Waals surface area contributed by atoms with Crippen LogP contribution in [-0.4, -0.2) is 61.5 Å². The summed E-state index contributed by atoms with van der Waals surface area (Å²) in [5.74, 6) is -0.111. The highest BCUT2D eigenvalue weighted by molar-refractivity contribution is 5.72. The fourth-order valence-corrected chi connectivity index (χ4v) is 4.40. The van der Waals surface area contributed by atoms with Crippen LogP contribution in [0.15, 0.2) is 39.8 Å². The van der Waals surface area contributed by atoms with Gasteiger partial charge in [0.2, 0.25) is 5.82 Å². The second kappa shape index (κ2) is 9.34. The zero-order chi connectivity index (χ0) is 26.3. The summed E-state index contributed by atoms with van der Waals surface area (Å²) in [4.78, 5) is 33.9. The first-order valence-electron chi connectivity index (χ1n) is 11.9. The number of piperidine rings is 1. The van der Waals surface area contributed by atoms with Crippen LogP contribution in [0, 0.1) is 5.82 Å². The van der Waals surface area contributed by atoms with E-state index in [1.807, 2.05) is 20.8 Å². The van der Waals surface area contributed by atoms with Gasteiger partial charge in [0.25, 0.3) is 11.4 Å². The normalized spacial score (nSPS) is 14.8. The van der Waals surface area contributed by atoms with Crippen molar-refractivity contribution >= 4 is 11.7 Å². The highest BCUT2D eigenvalue weighted by Crippen LogP contribution is 2.31. The van der Waals surface area contributed by atoms with E-state index in [0.29, 0.717) is 42.7 Å². The zero-order valence-corrected chi connectivity index (χ0v) is 20.9. The second-order valence-corrected chi connectivity index (χ2v) is 9.89. The van der Waals surface area contributed by atoms with Crippen molar-refractivity contribution in [2.45, 2.75) is 45.1 Å². The molecule has 1 aromatic carbocycles. The Morgan fingerprint density at radius 1 is 1.22 bits per heavy atom. The highest BCUT2D eigenvalue weighted by atomic mass is 19.1. The molecular weight excluding hydrogens is 483 g/mol. The van der Waals surface area contributed by atoms with E-state index in [2.05, 4.69) is 20.2 Å². The Hall–Kier alpha value is -4.22. The molecule has 1 N–H and O–H groups in total. The first-order chi connectivity index (χ1) is 17.6. The van der Waals surface area contributed by atoms with Crippen LogP contribution in [0.1, 0.15) is 45.2 Å². The summed E-state index contributed by atoms with van der Waals surface area (Å²) in [5.41, 5.74) is 1.14. The van der Waals surface area contributed by atoms with Gasteiger partial charge in [0.1, 0.15) is 16.8 Å². The summed E-state index contributed by atoms with van der Waals surface area (Å²) in [6, 6.07) is 5.88. The lowest BCUT2D eigenvalue weighted by Gasteiger charge is -2.33. The maximum absolute atomic E-state index is 14.1. The number of H-pyrrole nitrogens is 1. The molecule has 3 aromatic heterocycles. The summed E-state index contributed by atoms with van der Waals surface area (Å²) in [6.45, 7) is 6.52. The molecule has 1 aliphatic rings. The molecule has 5 rings (SSSR count). The first-order valence-corrected chi connectivity index (χ1v) is 11.9. The molecule has 0 atom stereocenters. The van der Waals surface area contributed by atoms with Crippen LogP contribution in [0.2, 0.25) is 0 Å². The van der Waals surface area contributed by atoms with Gasteiger partial charge >= 0.3 is 6.09 Å². The van der Waals surface area contributed by atoms with E-state index < -0.39 is 11.4 Å². The smallest absolute Gasteiger partial charge is 0.410 e. The second-order valence-electron chi connectivity index (χ2n) is 9.89. The number of halogens is 1. The average molecular weight is 511 g/mol. The predicted molar refractivity (Wildman–Crippen MR) is 131 cm³/mol. The van der Waals surface area contributed by atoms with E-state index in [1.54, 1.807) is 15.5 Å². The van der Waals surface area contributed by atoms with Crippen LogP contribution in [0.3, 0.4) is 0 Å². The van der Waals surface area contributed by atoms with Crippen molar-refractivity contribution in [3.63, 3.8) is 0 Å². The zero-order valence-electron chi connectivity index (χ0n) is 20.9. The minimum atomic E-state index is -0.561. The monoisotopic (exact) mass is 510 g/mol. The van der Waals surface area contributed by atoms with Crippen molar-refractivity contribution in [2.24, 2.45) is 0 Å². The molecule has 0 aliphatic carbocycles. The molecule has 0 spiro atoms. The molecule has 4 aromatic rings. The molecule has 37 heavy (non-hydrogen) atoms. The Morgan fingerprint density at radius 2 is 1.97 bits per heavy atom. The number of hydrogen-bond acceptors (Lipinski definition) is 8. The number of rotatable bonds is 4. The first kappa shape index (κ1) is 24.5. The molecule has 11 nitrogen and oxygen atoms in total. The van der Waals surface area contributed by atoms with Crippen LogP contribution in [0.5, 0.6) is 5.75 Å². The molecule has 1 aliphatic heterocycles. The lowest BCUT2D eigenvalue weighted by Crippen LogP contribution is -2.41. The van der Waals surface area contributed by atoms with E-state index >= 15 is 0 Å². The maximum Gasteiger partial charge on any atom is 0.410 e. The van der Waals surface area contributed by atoms with E-state index in [9.17, 15) is 14.0 Å². The molecular formula is C25H27FN6O5. The van der Waals surface area contributed by atoms with Crippen LogP contribution in [0.4, 0.5) is 9.18 Å². The predicted octanol–water partition coefficient (Wildman–Crippen LogP) is 4.00. The van der Waals surface area contributed by atoms with Gasteiger partial charge in [0.05, 0.1) is 19.0 Å². The van der Waals surface area contributed by atoms with Gasteiger partial charge < -0.3 is 23.9 Å². The Morgan fingerprint density at radius 3 is 2.65 bits per heavy atom. The van der Waals surface area contributed by atoms with Gasteiger partial charge in [0.15, 0.2) is 11.6 Å². The molecule has 0 bridgehead atoms. The number of nitrogens with one attached hydrogen (secondary N) is 1. The van der Waals surface area contributed by atoms with Gasteiger partial charge in [0, 0.05) is 30.6 Å². The minimum Gasteiger partial charge on any atom is -0.494 e. The van der Waals surface area contributed by atoms with Gasteiger partial charge in [-0.05, 0) is 51.8 Å². The molecule has 1 amide bonds. The van der Waals surface area contributed by atoms with Crippen molar-refractivity contribution in [1.29, 1.82) is 0 Å². The van der Waals surface area contributed by atoms with Crippen LogP contribution in [0.25, 0.3) is 28.5 Å². The van der Waals surface area contributed by atoms with E-state index in [0.717, 1.165) is 5.69 Å². The number of amides is 1. The number of methoxy groups -OCH3 is 1. The number of carbonyl (C=O) groups is 1. The van der Waals surface area contributed by atoms with Crippen molar-refractivity contribution in [2.75, 3.05) is 20.2 Å². The number of aromatic nitrogens is 5. The summed E-state index contributed by atoms with van der Waals surface area (Å²) in [7, 11) is 1.38. The Labute approximate surface area is 211 Å². The number of hydrogen-bond donors (Lipinski definition) is 1. The third-order valence-corrected chi connectivity index (χ3v) is 6.17. The van der Waals surface area contributed by atoms with E-state index in [1.165, 1.54) is 31.5 Å². The number of carbonyl (C=O) groups excluding carboxylic acids is 1.